The molecule has 74 valence electrons. The van der Waals surface area contributed by atoms with Gasteiger partial charge in [0, 0.05) is 12.7 Å². The topological polar surface area (TPSA) is 92.3 Å². The van der Waals surface area contributed by atoms with E-state index in [1.165, 1.54) is 12.1 Å². The number of hydrogen-bond acceptors (Lipinski definition) is 5. The van der Waals surface area contributed by atoms with Crippen molar-refractivity contribution in [3.63, 3.8) is 0 Å². The van der Waals surface area contributed by atoms with E-state index < -0.39 is 11.9 Å². The van der Waals surface area contributed by atoms with Crippen molar-refractivity contribution in [2.75, 3.05) is 12.4 Å². The molecule has 0 radical (unpaired) electrons. The third kappa shape index (κ3) is 2.01. The van der Waals surface area contributed by atoms with Crippen molar-refractivity contribution in [2.45, 2.75) is 0 Å². The molecule has 1 aromatic rings. The summed E-state index contributed by atoms with van der Waals surface area (Å²) in [6.45, 7) is 0. The molecule has 0 atom stereocenters. The SMILES string of the molecule is CNc1cc(C(=O)[O-])cc(C(=O)[O-])c1. The van der Waals surface area contributed by atoms with Crippen LogP contribution in [-0.4, -0.2) is 19.0 Å². The first-order chi connectivity index (χ1) is 6.54. The molecule has 0 amide bonds. The first-order valence-electron chi connectivity index (χ1n) is 3.80. The van der Waals surface area contributed by atoms with E-state index in [1.54, 1.807) is 7.05 Å². The Balaban J connectivity index is 3.27. The van der Waals surface area contributed by atoms with E-state index >= 15 is 0 Å². The van der Waals surface area contributed by atoms with Crippen LogP contribution >= 0.6 is 0 Å². The third-order valence-electron chi connectivity index (χ3n) is 1.69. The predicted octanol–water partition coefficient (Wildman–Crippen LogP) is -1.54. The first kappa shape index (κ1) is 10.0. The maximum Gasteiger partial charge on any atom is 0.0716 e. The number of hydrogen-bond donors (Lipinski definition) is 1. The number of anilines is 1. The minimum atomic E-state index is -1.43. The Labute approximate surface area is 80.0 Å². The average Bonchev–Trinajstić information content (AvgIpc) is 2.16. The van der Waals surface area contributed by atoms with Gasteiger partial charge in [0.25, 0.3) is 0 Å². The van der Waals surface area contributed by atoms with Crippen molar-refractivity contribution in [1.29, 1.82) is 0 Å². The number of carbonyl (C=O) groups excluding carboxylic acids is 2. The van der Waals surface area contributed by atoms with Gasteiger partial charge >= 0.3 is 0 Å². The molecule has 0 bridgehead atoms. The van der Waals surface area contributed by atoms with Crippen molar-refractivity contribution >= 4 is 17.6 Å². The summed E-state index contributed by atoms with van der Waals surface area (Å²) in [5.74, 6) is -2.85. The van der Waals surface area contributed by atoms with E-state index in [4.69, 9.17) is 0 Å². The average molecular weight is 193 g/mol. The van der Waals surface area contributed by atoms with E-state index in [9.17, 15) is 19.8 Å². The standard InChI is InChI=1S/C9H9NO4/c1-10-7-3-5(8(11)12)2-6(4-7)9(13)14/h2-4,10H,1H3,(H,11,12)(H,13,14)/p-2. The molecule has 0 aromatic heterocycles. The lowest BCUT2D eigenvalue weighted by molar-refractivity contribution is -0.255. The minimum absolute atomic E-state index is 0.198. The fourth-order valence-electron chi connectivity index (χ4n) is 1.01. The smallest absolute Gasteiger partial charge is 0.0716 e. The van der Waals surface area contributed by atoms with E-state index in [1.807, 2.05) is 0 Å². The summed E-state index contributed by atoms with van der Waals surface area (Å²) in [4.78, 5) is 21.0. The first-order valence-corrected chi connectivity index (χ1v) is 3.80. The number of nitrogens with one attached hydrogen (secondary N) is 1. The molecular weight excluding hydrogens is 186 g/mol. The fraction of sp³-hybridized carbons (Fsp3) is 0.111. The number of benzene rings is 1. The zero-order valence-electron chi connectivity index (χ0n) is 7.37. The summed E-state index contributed by atoms with van der Waals surface area (Å²) >= 11 is 0. The Hall–Kier alpha value is -2.04. The second-order valence-electron chi connectivity index (χ2n) is 2.62. The lowest BCUT2D eigenvalue weighted by Gasteiger charge is -2.10. The van der Waals surface area contributed by atoms with E-state index in [0.29, 0.717) is 5.69 Å². The van der Waals surface area contributed by atoms with Gasteiger partial charge in [-0.15, -0.1) is 0 Å². The van der Waals surface area contributed by atoms with Gasteiger partial charge in [0.15, 0.2) is 0 Å². The molecule has 5 nitrogen and oxygen atoms in total. The van der Waals surface area contributed by atoms with Crippen LogP contribution in [0.3, 0.4) is 0 Å². The summed E-state index contributed by atoms with van der Waals surface area (Å²) in [5.41, 5.74) is -0.0157. The Bertz CT molecular complexity index is 354. The molecule has 1 rings (SSSR count). The van der Waals surface area contributed by atoms with Crippen LogP contribution in [0.25, 0.3) is 0 Å². The van der Waals surface area contributed by atoms with Crippen LogP contribution in [-0.2, 0) is 0 Å². The summed E-state index contributed by atoms with van der Waals surface area (Å²) in [5, 5.41) is 23.6. The maximum atomic E-state index is 10.5. The van der Waals surface area contributed by atoms with Gasteiger partial charge in [-0.2, -0.15) is 0 Å². The third-order valence-corrected chi connectivity index (χ3v) is 1.69. The zero-order chi connectivity index (χ0) is 10.7. The van der Waals surface area contributed by atoms with Crippen LogP contribution in [0.5, 0.6) is 0 Å². The number of rotatable bonds is 3. The Morgan fingerprint density at radius 2 is 1.50 bits per heavy atom. The second-order valence-corrected chi connectivity index (χ2v) is 2.62. The molecule has 0 aliphatic heterocycles. The van der Waals surface area contributed by atoms with Gasteiger partial charge in [0.1, 0.15) is 0 Å². The highest BCUT2D eigenvalue weighted by molar-refractivity contribution is 5.93. The molecule has 0 heterocycles. The molecule has 0 spiro atoms. The van der Waals surface area contributed by atoms with Gasteiger partial charge < -0.3 is 25.1 Å². The molecule has 0 unspecified atom stereocenters. The van der Waals surface area contributed by atoms with Crippen molar-refractivity contribution in [2.24, 2.45) is 0 Å². The highest BCUT2D eigenvalue weighted by Crippen LogP contribution is 2.13. The summed E-state index contributed by atoms with van der Waals surface area (Å²) in [6, 6.07) is 3.55. The largest absolute Gasteiger partial charge is 0.545 e. The highest BCUT2D eigenvalue weighted by atomic mass is 16.4. The van der Waals surface area contributed by atoms with E-state index in [2.05, 4.69) is 5.32 Å². The lowest BCUT2D eigenvalue weighted by atomic mass is 10.1. The van der Waals surface area contributed by atoms with Crippen molar-refractivity contribution in [3.05, 3.63) is 29.3 Å². The summed E-state index contributed by atoms with van der Waals surface area (Å²) in [6.07, 6.45) is 0. The van der Waals surface area contributed by atoms with Crippen LogP contribution in [0, 0.1) is 0 Å². The molecule has 14 heavy (non-hydrogen) atoms. The minimum Gasteiger partial charge on any atom is -0.545 e. The molecule has 1 N–H and O–H groups in total. The Kier molecular flexibility index (Phi) is 2.71. The molecule has 1 aromatic carbocycles. The zero-order valence-corrected chi connectivity index (χ0v) is 7.37. The molecular formula is C9H7NO4-2. The number of aromatic carboxylic acids is 2. The molecule has 0 saturated carbocycles. The van der Waals surface area contributed by atoms with Crippen molar-refractivity contribution < 1.29 is 19.8 Å². The van der Waals surface area contributed by atoms with Gasteiger partial charge in [0.2, 0.25) is 0 Å². The molecule has 0 aliphatic carbocycles. The van der Waals surface area contributed by atoms with Crippen LogP contribution < -0.4 is 15.5 Å². The highest BCUT2D eigenvalue weighted by Gasteiger charge is 2.01. The van der Waals surface area contributed by atoms with Crippen molar-refractivity contribution in [3.8, 4) is 0 Å². The number of carboxylic acid groups (broad SMARTS) is 2. The van der Waals surface area contributed by atoms with Gasteiger partial charge in [-0.25, -0.2) is 0 Å². The van der Waals surface area contributed by atoms with Crippen LogP contribution in [0.15, 0.2) is 18.2 Å². The number of carboxylic acids is 2. The Morgan fingerprint density at radius 1 is 1.07 bits per heavy atom. The van der Waals surface area contributed by atoms with Crippen LogP contribution in [0.4, 0.5) is 5.69 Å². The van der Waals surface area contributed by atoms with Crippen LogP contribution in [0.1, 0.15) is 20.7 Å². The van der Waals surface area contributed by atoms with Gasteiger partial charge in [-0.1, -0.05) is 0 Å². The molecule has 0 aliphatic rings. The molecule has 0 saturated heterocycles. The molecule has 5 heteroatoms. The Morgan fingerprint density at radius 3 is 1.79 bits per heavy atom. The van der Waals surface area contributed by atoms with Crippen molar-refractivity contribution in [1.82, 2.24) is 0 Å². The normalized spacial score (nSPS) is 9.50. The monoisotopic (exact) mass is 193 g/mol. The fourth-order valence-corrected chi connectivity index (χ4v) is 1.01. The van der Waals surface area contributed by atoms with Gasteiger partial charge in [-0.3, -0.25) is 0 Å². The maximum absolute atomic E-state index is 10.5. The second kappa shape index (κ2) is 3.78. The quantitative estimate of drug-likeness (QED) is 0.627. The predicted molar refractivity (Wildman–Crippen MR) is 44.6 cm³/mol. The summed E-state index contributed by atoms with van der Waals surface area (Å²) < 4.78 is 0. The summed E-state index contributed by atoms with van der Waals surface area (Å²) in [7, 11) is 1.55. The van der Waals surface area contributed by atoms with Crippen LogP contribution in [0.2, 0.25) is 0 Å². The molecule has 0 fully saturated rings. The van der Waals surface area contributed by atoms with Gasteiger partial charge in [-0.05, 0) is 29.3 Å². The van der Waals surface area contributed by atoms with E-state index in [-0.39, 0.29) is 11.1 Å². The van der Waals surface area contributed by atoms with E-state index in [0.717, 1.165) is 6.07 Å². The van der Waals surface area contributed by atoms with Gasteiger partial charge in [0.05, 0.1) is 11.9 Å². The lowest BCUT2D eigenvalue weighted by Crippen LogP contribution is -2.25. The number of carbonyl (C=O) groups is 2.